The fraction of sp³-hybridized carbons (Fsp3) is 0.435. The molecule has 0 aliphatic carbocycles. The number of aryl methyl sites for hydroxylation is 2. The van der Waals surface area contributed by atoms with Crippen LogP contribution in [0.15, 0.2) is 41.3 Å². The van der Waals surface area contributed by atoms with Gasteiger partial charge in [0.15, 0.2) is 0 Å². The highest BCUT2D eigenvalue weighted by Crippen LogP contribution is 2.27. The molecule has 30 heavy (non-hydrogen) atoms. The van der Waals surface area contributed by atoms with Crippen molar-refractivity contribution < 1.29 is 13.2 Å². The number of nitrogens with one attached hydrogen (secondary N) is 1. The Balaban J connectivity index is 1.82. The lowest BCUT2D eigenvalue weighted by Gasteiger charge is -2.29. The Morgan fingerprint density at radius 2 is 1.77 bits per heavy atom. The summed E-state index contributed by atoms with van der Waals surface area (Å²) in [7, 11) is -3.65. The van der Waals surface area contributed by atoms with Crippen molar-refractivity contribution in [1.82, 2.24) is 9.62 Å². The third-order valence-corrected chi connectivity index (χ3v) is 8.17. The Kier molecular flexibility index (Phi) is 6.90. The zero-order valence-corrected chi connectivity index (χ0v) is 19.5. The summed E-state index contributed by atoms with van der Waals surface area (Å²) in [6, 6.07) is 10.1. The number of piperidine rings is 1. The Hall–Kier alpha value is -1.89. The van der Waals surface area contributed by atoms with Crippen LogP contribution in [0.1, 0.15) is 59.8 Å². The second-order valence-corrected chi connectivity index (χ2v) is 10.6. The minimum Gasteiger partial charge on any atom is -0.345 e. The maximum Gasteiger partial charge on any atom is 0.253 e. The molecule has 2 aromatic carbocycles. The summed E-state index contributed by atoms with van der Waals surface area (Å²) < 4.78 is 27.6. The molecular weight excluding hydrogens is 420 g/mol. The smallest absolute Gasteiger partial charge is 0.253 e. The summed E-state index contributed by atoms with van der Waals surface area (Å²) in [6.07, 6.45) is 1.68. The summed E-state index contributed by atoms with van der Waals surface area (Å²) in [5.74, 6) is 0.130. The van der Waals surface area contributed by atoms with Crippen molar-refractivity contribution in [3.63, 3.8) is 0 Å². The molecule has 3 rings (SSSR count). The lowest BCUT2D eigenvalue weighted by molar-refractivity contribution is 0.0940. The van der Waals surface area contributed by atoms with Crippen LogP contribution in [0.5, 0.6) is 0 Å². The molecule has 7 heteroatoms. The first-order chi connectivity index (χ1) is 14.1. The number of benzene rings is 2. The van der Waals surface area contributed by atoms with Gasteiger partial charge in [-0.2, -0.15) is 4.31 Å². The Labute approximate surface area is 184 Å². The number of hydrogen-bond acceptors (Lipinski definition) is 3. The number of carbonyl (C=O) groups is 1. The van der Waals surface area contributed by atoms with Crippen molar-refractivity contribution in [1.29, 1.82) is 0 Å². The highest BCUT2D eigenvalue weighted by Gasteiger charge is 2.29. The van der Waals surface area contributed by atoms with Gasteiger partial charge in [0, 0.05) is 13.1 Å². The lowest BCUT2D eigenvalue weighted by Crippen LogP contribution is -2.38. The number of sulfonamides is 1. The quantitative estimate of drug-likeness (QED) is 0.709. The predicted octanol–water partition coefficient (Wildman–Crippen LogP) is 4.87. The fourth-order valence-electron chi connectivity index (χ4n) is 3.60. The molecule has 0 unspecified atom stereocenters. The van der Waals surface area contributed by atoms with Crippen molar-refractivity contribution >= 4 is 27.5 Å². The molecule has 5 nitrogen and oxygen atoms in total. The van der Waals surface area contributed by atoms with E-state index in [9.17, 15) is 13.2 Å². The highest BCUT2D eigenvalue weighted by atomic mass is 35.5. The third-order valence-electron chi connectivity index (χ3n) is 5.94. The molecule has 1 saturated heterocycles. The van der Waals surface area contributed by atoms with E-state index in [1.807, 2.05) is 39.0 Å². The normalized spacial score (nSPS) is 17.0. The summed E-state index contributed by atoms with van der Waals surface area (Å²) in [5.41, 5.74) is 3.48. The van der Waals surface area contributed by atoms with Crippen LogP contribution in [0, 0.1) is 19.8 Å². The standard InChI is InChI=1S/C23H29ClN2O3S/c1-15-9-11-26(12-10-15)30(28,29)20-7-8-22(24)21(14-20)23(27)25-18(4)19-6-5-16(2)17(3)13-19/h5-8,13-15,18H,9-12H2,1-4H3,(H,25,27)/t18-/m1/s1. The number of nitrogens with zero attached hydrogens (tertiary/aromatic N) is 1. The van der Waals surface area contributed by atoms with Gasteiger partial charge in [0.2, 0.25) is 10.0 Å². The van der Waals surface area contributed by atoms with E-state index in [0.717, 1.165) is 24.0 Å². The first-order valence-electron chi connectivity index (χ1n) is 10.3. The van der Waals surface area contributed by atoms with Gasteiger partial charge in [-0.3, -0.25) is 4.79 Å². The van der Waals surface area contributed by atoms with Crippen molar-refractivity contribution in [3.05, 3.63) is 63.7 Å². The SMILES string of the molecule is Cc1ccc([C@@H](C)NC(=O)c2cc(S(=O)(=O)N3CCC(C)CC3)ccc2Cl)cc1C. The molecule has 0 radical (unpaired) electrons. The fourth-order valence-corrected chi connectivity index (χ4v) is 5.30. The monoisotopic (exact) mass is 448 g/mol. The van der Waals surface area contributed by atoms with Gasteiger partial charge in [0.1, 0.15) is 0 Å². The summed E-state index contributed by atoms with van der Waals surface area (Å²) in [6.45, 7) is 9.09. The van der Waals surface area contributed by atoms with Gasteiger partial charge in [-0.15, -0.1) is 0 Å². The van der Waals surface area contributed by atoms with E-state index < -0.39 is 15.9 Å². The van der Waals surface area contributed by atoms with Gasteiger partial charge >= 0.3 is 0 Å². The molecule has 1 N–H and O–H groups in total. The Morgan fingerprint density at radius 3 is 2.40 bits per heavy atom. The number of hydrogen-bond donors (Lipinski definition) is 1. The molecule has 0 aromatic heterocycles. The molecule has 162 valence electrons. The maximum absolute atomic E-state index is 13.0. The Bertz CT molecular complexity index is 1040. The van der Waals surface area contributed by atoms with Crippen molar-refractivity contribution in [3.8, 4) is 0 Å². The summed E-state index contributed by atoms with van der Waals surface area (Å²) in [4.78, 5) is 13.0. The van der Waals surface area contributed by atoms with E-state index in [4.69, 9.17) is 11.6 Å². The molecule has 1 heterocycles. The van der Waals surface area contributed by atoms with E-state index in [1.165, 1.54) is 28.1 Å². The number of rotatable bonds is 5. The highest BCUT2D eigenvalue weighted by molar-refractivity contribution is 7.89. The van der Waals surface area contributed by atoms with Gasteiger partial charge in [0.05, 0.1) is 21.5 Å². The average molecular weight is 449 g/mol. The topological polar surface area (TPSA) is 66.5 Å². The van der Waals surface area contributed by atoms with E-state index >= 15 is 0 Å². The number of amides is 1. The van der Waals surface area contributed by atoms with Crippen LogP contribution in [0.25, 0.3) is 0 Å². The van der Waals surface area contributed by atoms with E-state index in [0.29, 0.717) is 19.0 Å². The second kappa shape index (κ2) is 9.08. The van der Waals surface area contributed by atoms with Crippen LogP contribution < -0.4 is 5.32 Å². The molecule has 1 fully saturated rings. The summed E-state index contributed by atoms with van der Waals surface area (Å²) in [5, 5.41) is 3.16. The predicted molar refractivity (Wildman–Crippen MR) is 120 cm³/mol. The molecule has 1 atom stereocenters. The largest absolute Gasteiger partial charge is 0.345 e. The van der Waals surface area contributed by atoms with Crippen LogP contribution in [0.3, 0.4) is 0 Å². The molecule has 0 bridgehead atoms. The van der Waals surface area contributed by atoms with Gasteiger partial charge < -0.3 is 5.32 Å². The van der Waals surface area contributed by atoms with Crippen LogP contribution in [0.2, 0.25) is 5.02 Å². The van der Waals surface area contributed by atoms with Crippen LogP contribution in [-0.4, -0.2) is 31.7 Å². The zero-order chi connectivity index (χ0) is 22.1. The molecule has 1 aliphatic heterocycles. The molecule has 0 spiro atoms. The van der Waals surface area contributed by atoms with Crippen LogP contribution >= 0.6 is 11.6 Å². The molecule has 2 aromatic rings. The second-order valence-electron chi connectivity index (χ2n) is 8.27. The Morgan fingerprint density at radius 1 is 1.10 bits per heavy atom. The van der Waals surface area contributed by atoms with Crippen LogP contribution in [0.4, 0.5) is 0 Å². The molecule has 0 saturated carbocycles. The third kappa shape index (κ3) is 4.88. The first kappa shape index (κ1) is 22.8. The van der Waals surface area contributed by atoms with Gasteiger partial charge in [-0.1, -0.05) is 36.7 Å². The number of halogens is 1. The van der Waals surface area contributed by atoms with Gasteiger partial charge in [0.25, 0.3) is 5.91 Å². The molecule has 1 amide bonds. The lowest BCUT2D eigenvalue weighted by atomic mass is 10.0. The maximum atomic E-state index is 13.0. The first-order valence-corrected chi connectivity index (χ1v) is 12.1. The van der Waals surface area contributed by atoms with Gasteiger partial charge in [-0.05, 0) is 74.4 Å². The van der Waals surface area contributed by atoms with Crippen molar-refractivity contribution in [2.45, 2.75) is 51.5 Å². The van der Waals surface area contributed by atoms with Gasteiger partial charge in [-0.25, -0.2) is 8.42 Å². The zero-order valence-electron chi connectivity index (χ0n) is 17.9. The number of carbonyl (C=O) groups excluding carboxylic acids is 1. The molecule has 1 aliphatic rings. The van der Waals surface area contributed by atoms with E-state index in [2.05, 4.69) is 12.2 Å². The minimum atomic E-state index is -3.65. The van der Waals surface area contributed by atoms with Crippen molar-refractivity contribution in [2.75, 3.05) is 13.1 Å². The van der Waals surface area contributed by atoms with E-state index in [1.54, 1.807) is 0 Å². The van der Waals surface area contributed by atoms with E-state index in [-0.39, 0.29) is 21.5 Å². The van der Waals surface area contributed by atoms with Crippen molar-refractivity contribution in [2.24, 2.45) is 5.92 Å². The summed E-state index contributed by atoms with van der Waals surface area (Å²) >= 11 is 6.25. The molecular formula is C23H29ClN2O3S. The average Bonchev–Trinajstić information content (AvgIpc) is 2.70. The minimum absolute atomic E-state index is 0.102. The van der Waals surface area contributed by atoms with Crippen LogP contribution in [-0.2, 0) is 10.0 Å².